The third kappa shape index (κ3) is 6.25. The summed E-state index contributed by atoms with van der Waals surface area (Å²) in [6.45, 7) is 4.12. The second-order valence-corrected chi connectivity index (χ2v) is 9.62. The summed E-state index contributed by atoms with van der Waals surface area (Å²) in [4.78, 5) is 12.9. The third-order valence-corrected chi connectivity index (χ3v) is 6.27. The molecule has 0 aliphatic carbocycles. The maximum Gasteiger partial charge on any atom is 0.322 e. The molecule has 0 radical (unpaired) electrons. The monoisotopic (exact) mass is 521 g/mol. The van der Waals surface area contributed by atoms with Crippen LogP contribution in [0.25, 0.3) is 11.4 Å². The third-order valence-electron chi connectivity index (χ3n) is 5.31. The van der Waals surface area contributed by atoms with Gasteiger partial charge in [-0.25, -0.2) is 9.71 Å². The molecule has 0 bridgehead atoms. The molecule has 11 heteroatoms. The van der Waals surface area contributed by atoms with E-state index >= 15 is 0 Å². The molecule has 0 fully saturated rings. The first kappa shape index (κ1) is 25.7. The Morgan fingerprint density at radius 3 is 2.11 bits per heavy atom. The number of nitrogens with zero attached hydrogens (tertiary/aromatic N) is 3. The Balaban J connectivity index is 1.75. The van der Waals surface area contributed by atoms with E-state index in [4.69, 9.17) is 14.2 Å². The van der Waals surface area contributed by atoms with Crippen molar-refractivity contribution in [3.8, 4) is 34.5 Å². The maximum absolute atomic E-state index is 13.1. The summed E-state index contributed by atoms with van der Waals surface area (Å²) < 4.78 is 48.2. The lowest BCUT2D eigenvalue weighted by Crippen LogP contribution is -2.23. The Bertz CT molecular complexity index is 1460. The summed E-state index contributed by atoms with van der Waals surface area (Å²) in [6.07, 6.45) is 3.16. The average Bonchev–Trinajstić information content (AvgIpc) is 2.90. The van der Waals surface area contributed by atoms with E-state index in [1.165, 1.54) is 14.2 Å². The minimum absolute atomic E-state index is 0.0201. The fourth-order valence-electron chi connectivity index (χ4n) is 3.42. The number of nitrogens with one attached hydrogen (secondary N) is 2. The summed E-state index contributed by atoms with van der Waals surface area (Å²) in [5, 5.41) is 0. The Labute approximate surface area is 215 Å². The predicted molar refractivity (Wildman–Crippen MR) is 142 cm³/mol. The van der Waals surface area contributed by atoms with Gasteiger partial charge in [0.05, 0.1) is 19.9 Å². The average molecular weight is 522 g/mol. The molecule has 37 heavy (non-hydrogen) atoms. The zero-order valence-corrected chi connectivity index (χ0v) is 21.6. The van der Waals surface area contributed by atoms with Crippen molar-refractivity contribution < 1.29 is 22.6 Å². The Hall–Kier alpha value is -4.38. The number of hydrogen-bond acceptors (Lipinski definition) is 8. The van der Waals surface area contributed by atoms with Gasteiger partial charge in [0.25, 0.3) is 5.88 Å². The molecule has 192 valence electrons. The van der Waals surface area contributed by atoms with E-state index in [9.17, 15) is 8.42 Å². The molecule has 10 nitrogen and oxygen atoms in total. The number of aromatic nitrogens is 3. The summed E-state index contributed by atoms with van der Waals surface area (Å²) >= 11 is 0. The quantitative estimate of drug-likeness (QED) is 0.290. The molecule has 2 N–H and O–H groups in total. The molecule has 2 aromatic carbocycles. The molecule has 0 aliphatic rings. The normalized spacial score (nSPS) is 11.2. The molecule has 0 aliphatic heterocycles. The first-order valence-electron chi connectivity index (χ1n) is 11.4. The predicted octanol–water partition coefficient (Wildman–Crippen LogP) is 5.24. The lowest BCUT2D eigenvalue weighted by molar-refractivity contribution is 0.348. The summed E-state index contributed by atoms with van der Waals surface area (Å²) in [5.41, 5.74) is 2.08. The van der Waals surface area contributed by atoms with Gasteiger partial charge < -0.3 is 14.2 Å². The molecule has 2 aromatic heterocycles. The molecule has 0 spiro atoms. The molecule has 0 saturated carbocycles. The van der Waals surface area contributed by atoms with E-state index in [1.807, 2.05) is 12.1 Å². The second kappa shape index (κ2) is 11.1. The fourth-order valence-corrected chi connectivity index (χ4v) is 4.31. The van der Waals surface area contributed by atoms with Crippen LogP contribution in [0.4, 0.5) is 11.5 Å². The van der Waals surface area contributed by atoms with Crippen molar-refractivity contribution in [2.24, 2.45) is 0 Å². The summed E-state index contributed by atoms with van der Waals surface area (Å²) in [5.74, 6) is 1.14. The molecular formula is C26H27N5O5S. The van der Waals surface area contributed by atoms with Crippen molar-refractivity contribution in [1.29, 1.82) is 0 Å². The zero-order valence-electron chi connectivity index (χ0n) is 20.8. The van der Waals surface area contributed by atoms with Crippen LogP contribution in [0, 0.1) is 0 Å². The standard InChI is InChI=1S/C26H27N5O5S/c1-17(2)18-9-11-20(12-10-18)30-37(32,33)31-25-23(36-22-8-6-5-7-21(22)34-3)26(35-4)29-24(28-25)19-13-15-27-16-14-19/h5-17,30H,1-4H3,(H,28,29,31). The summed E-state index contributed by atoms with van der Waals surface area (Å²) in [7, 11) is -1.24. The number of pyridine rings is 1. The molecule has 2 heterocycles. The maximum atomic E-state index is 13.1. The smallest absolute Gasteiger partial charge is 0.322 e. The number of rotatable bonds is 10. The van der Waals surface area contributed by atoms with Crippen LogP contribution in [0.15, 0.2) is 73.1 Å². The molecule has 0 unspecified atom stereocenters. The number of benzene rings is 2. The van der Waals surface area contributed by atoms with Crippen LogP contribution in [0.1, 0.15) is 25.3 Å². The highest BCUT2D eigenvalue weighted by molar-refractivity contribution is 7.94. The van der Waals surface area contributed by atoms with Crippen molar-refractivity contribution in [1.82, 2.24) is 15.0 Å². The molecule has 0 atom stereocenters. The minimum atomic E-state index is -4.14. The Morgan fingerprint density at radius 1 is 0.811 bits per heavy atom. The van der Waals surface area contributed by atoms with Crippen molar-refractivity contribution in [2.45, 2.75) is 19.8 Å². The Kier molecular flexibility index (Phi) is 7.73. The lowest BCUT2D eigenvalue weighted by atomic mass is 10.0. The number of ether oxygens (including phenoxy) is 3. The number of anilines is 2. The number of methoxy groups -OCH3 is 2. The molecule has 0 saturated heterocycles. The van der Waals surface area contributed by atoms with Gasteiger partial charge in [0.1, 0.15) is 0 Å². The van der Waals surface area contributed by atoms with Crippen LogP contribution in [0.3, 0.4) is 0 Å². The highest BCUT2D eigenvalue weighted by atomic mass is 32.2. The molecule has 4 rings (SSSR count). The zero-order chi connectivity index (χ0) is 26.4. The van der Waals surface area contributed by atoms with E-state index < -0.39 is 10.2 Å². The van der Waals surface area contributed by atoms with Crippen molar-refractivity contribution in [3.63, 3.8) is 0 Å². The lowest BCUT2D eigenvalue weighted by Gasteiger charge is -2.18. The van der Waals surface area contributed by atoms with E-state index in [2.05, 4.69) is 38.2 Å². The second-order valence-electron chi connectivity index (χ2n) is 8.21. The van der Waals surface area contributed by atoms with Gasteiger partial charge in [0.15, 0.2) is 23.1 Å². The van der Waals surface area contributed by atoms with Gasteiger partial charge in [-0.15, -0.1) is 0 Å². The SMILES string of the molecule is COc1ccccc1Oc1c(NS(=O)(=O)Nc2ccc(C(C)C)cc2)nc(-c2ccncc2)nc1OC. The van der Waals surface area contributed by atoms with Gasteiger partial charge >= 0.3 is 10.2 Å². The van der Waals surface area contributed by atoms with Crippen LogP contribution >= 0.6 is 0 Å². The van der Waals surface area contributed by atoms with Crippen LogP contribution in [-0.2, 0) is 10.2 Å². The van der Waals surface area contributed by atoms with Crippen molar-refractivity contribution in [3.05, 3.63) is 78.6 Å². The van der Waals surface area contributed by atoms with Crippen molar-refractivity contribution in [2.75, 3.05) is 23.7 Å². The van der Waals surface area contributed by atoms with E-state index in [0.717, 1.165) is 5.56 Å². The summed E-state index contributed by atoms with van der Waals surface area (Å²) in [6, 6.07) is 17.4. The van der Waals surface area contributed by atoms with Crippen LogP contribution < -0.4 is 23.7 Å². The Morgan fingerprint density at radius 2 is 1.49 bits per heavy atom. The van der Waals surface area contributed by atoms with E-state index in [0.29, 0.717) is 28.7 Å². The number of hydrogen-bond donors (Lipinski definition) is 2. The van der Waals surface area contributed by atoms with Crippen LogP contribution in [0.2, 0.25) is 0 Å². The van der Waals surface area contributed by atoms with E-state index in [-0.39, 0.29) is 23.3 Å². The van der Waals surface area contributed by atoms with Gasteiger partial charge in [-0.05, 0) is 47.9 Å². The van der Waals surface area contributed by atoms with Gasteiger partial charge in [0.2, 0.25) is 5.75 Å². The molecule has 4 aromatic rings. The van der Waals surface area contributed by atoms with Gasteiger partial charge in [-0.1, -0.05) is 38.1 Å². The topological polar surface area (TPSA) is 125 Å². The highest BCUT2D eigenvalue weighted by Gasteiger charge is 2.24. The number of para-hydroxylation sites is 2. The first-order chi connectivity index (χ1) is 17.8. The van der Waals surface area contributed by atoms with Crippen molar-refractivity contribution >= 4 is 21.7 Å². The largest absolute Gasteiger partial charge is 0.493 e. The highest BCUT2D eigenvalue weighted by Crippen LogP contribution is 2.41. The molecule has 0 amide bonds. The fraction of sp³-hybridized carbons (Fsp3) is 0.192. The molecular weight excluding hydrogens is 494 g/mol. The minimum Gasteiger partial charge on any atom is -0.493 e. The van der Waals surface area contributed by atoms with Crippen LogP contribution in [0.5, 0.6) is 23.1 Å². The first-order valence-corrected chi connectivity index (χ1v) is 12.9. The van der Waals surface area contributed by atoms with Gasteiger partial charge in [-0.2, -0.15) is 13.4 Å². The van der Waals surface area contributed by atoms with Gasteiger partial charge in [0, 0.05) is 18.0 Å². The van der Waals surface area contributed by atoms with E-state index in [1.54, 1.807) is 60.9 Å². The van der Waals surface area contributed by atoms with Gasteiger partial charge in [-0.3, -0.25) is 9.71 Å². The van der Waals surface area contributed by atoms with Crippen LogP contribution in [-0.4, -0.2) is 37.6 Å².